The van der Waals surface area contributed by atoms with Crippen LogP contribution in [0, 0.1) is 0 Å². The Morgan fingerprint density at radius 1 is 1.23 bits per heavy atom. The maximum atomic E-state index is 6.03. The van der Waals surface area contributed by atoms with Crippen molar-refractivity contribution >= 4 is 28.3 Å². The van der Waals surface area contributed by atoms with E-state index in [2.05, 4.69) is 20.5 Å². The number of nitrogens with one attached hydrogen (secondary N) is 2. The summed E-state index contributed by atoms with van der Waals surface area (Å²) in [6.07, 6.45) is 1.71. The van der Waals surface area contributed by atoms with Crippen molar-refractivity contribution < 1.29 is 9.47 Å². The van der Waals surface area contributed by atoms with Crippen LogP contribution in [0.25, 0.3) is 10.9 Å². The molecule has 0 atom stereocenters. The van der Waals surface area contributed by atoms with Crippen molar-refractivity contribution in [3.63, 3.8) is 0 Å². The third-order valence-electron chi connectivity index (χ3n) is 3.34. The number of methoxy groups -OCH3 is 2. The number of aromatic nitrogens is 3. The van der Waals surface area contributed by atoms with E-state index in [4.69, 9.17) is 21.1 Å². The van der Waals surface area contributed by atoms with E-state index in [1.165, 1.54) is 0 Å². The molecule has 0 radical (unpaired) electrons. The lowest BCUT2D eigenvalue weighted by Crippen LogP contribution is -2.04. The second kappa shape index (κ2) is 6.11. The van der Waals surface area contributed by atoms with Gasteiger partial charge in [0.05, 0.1) is 20.4 Å². The minimum atomic E-state index is 0.415. The number of benzene rings is 1. The first-order valence-electron chi connectivity index (χ1n) is 6.65. The Labute approximate surface area is 132 Å². The molecule has 7 heteroatoms. The van der Waals surface area contributed by atoms with Gasteiger partial charge in [-0.3, -0.25) is 5.10 Å². The van der Waals surface area contributed by atoms with Gasteiger partial charge in [0.25, 0.3) is 0 Å². The first-order chi connectivity index (χ1) is 10.7. The number of ether oxygens (including phenoxy) is 2. The summed E-state index contributed by atoms with van der Waals surface area (Å²) in [5.41, 5.74) is 1.80. The predicted molar refractivity (Wildman–Crippen MR) is 85.8 cm³/mol. The lowest BCUT2D eigenvalue weighted by atomic mass is 10.2. The standard InChI is InChI=1S/C15H15ClN4O2/c1-21-11-4-3-9(12(6-11)22-2)7-17-15-14-10(8-18-20-14)5-13(16)19-15/h3-6,8H,7H2,1-2H3,(H,17,19)(H,18,20). The summed E-state index contributed by atoms with van der Waals surface area (Å²) in [5.74, 6) is 2.14. The summed E-state index contributed by atoms with van der Waals surface area (Å²) < 4.78 is 10.6. The lowest BCUT2D eigenvalue weighted by Gasteiger charge is -2.12. The summed E-state index contributed by atoms with van der Waals surface area (Å²) in [6, 6.07) is 7.43. The Morgan fingerprint density at radius 2 is 2.09 bits per heavy atom. The molecule has 2 heterocycles. The van der Waals surface area contributed by atoms with Gasteiger partial charge in [-0.2, -0.15) is 5.10 Å². The molecule has 0 bridgehead atoms. The molecule has 0 saturated carbocycles. The van der Waals surface area contributed by atoms with E-state index in [-0.39, 0.29) is 0 Å². The molecule has 22 heavy (non-hydrogen) atoms. The largest absolute Gasteiger partial charge is 0.497 e. The fourth-order valence-electron chi connectivity index (χ4n) is 2.22. The number of hydrogen-bond donors (Lipinski definition) is 2. The molecule has 2 aromatic heterocycles. The number of rotatable bonds is 5. The smallest absolute Gasteiger partial charge is 0.154 e. The monoisotopic (exact) mass is 318 g/mol. The predicted octanol–water partition coefficient (Wildman–Crippen LogP) is 3.24. The van der Waals surface area contributed by atoms with E-state index in [0.717, 1.165) is 28.0 Å². The normalized spacial score (nSPS) is 10.7. The van der Waals surface area contributed by atoms with Crippen LogP contribution in [0.4, 0.5) is 5.82 Å². The Kier molecular flexibility index (Phi) is 4.02. The van der Waals surface area contributed by atoms with Gasteiger partial charge in [0.15, 0.2) is 5.82 Å². The van der Waals surface area contributed by atoms with Gasteiger partial charge in [0.1, 0.15) is 22.2 Å². The maximum absolute atomic E-state index is 6.03. The zero-order valence-electron chi connectivity index (χ0n) is 12.2. The summed E-state index contributed by atoms with van der Waals surface area (Å²) in [4.78, 5) is 4.30. The molecule has 0 spiro atoms. The van der Waals surface area contributed by atoms with Gasteiger partial charge in [-0.15, -0.1) is 0 Å². The minimum absolute atomic E-state index is 0.415. The van der Waals surface area contributed by atoms with Crippen LogP contribution in [0.3, 0.4) is 0 Å². The molecule has 0 unspecified atom stereocenters. The lowest BCUT2D eigenvalue weighted by molar-refractivity contribution is 0.391. The molecule has 1 aromatic carbocycles. The first-order valence-corrected chi connectivity index (χ1v) is 7.03. The van der Waals surface area contributed by atoms with Crippen molar-refractivity contribution in [1.82, 2.24) is 15.2 Å². The highest BCUT2D eigenvalue weighted by Crippen LogP contribution is 2.27. The van der Waals surface area contributed by atoms with Gasteiger partial charge in [-0.05, 0) is 18.2 Å². The number of halogens is 1. The molecule has 114 valence electrons. The van der Waals surface area contributed by atoms with E-state index >= 15 is 0 Å². The number of nitrogens with zero attached hydrogens (tertiary/aromatic N) is 2. The van der Waals surface area contributed by atoms with E-state index in [0.29, 0.717) is 17.5 Å². The molecular weight excluding hydrogens is 304 g/mol. The molecule has 6 nitrogen and oxygen atoms in total. The van der Waals surface area contributed by atoms with Crippen LogP contribution in [0.5, 0.6) is 11.5 Å². The number of H-pyrrole nitrogens is 1. The zero-order valence-corrected chi connectivity index (χ0v) is 12.9. The Balaban J connectivity index is 1.86. The van der Waals surface area contributed by atoms with Crippen LogP contribution in [0.15, 0.2) is 30.5 Å². The molecule has 0 aliphatic rings. The van der Waals surface area contributed by atoms with Crippen molar-refractivity contribution in [3.05, 3.63) is 41.2 Å². The van der Waals surface area contributed by atoms with Crippen LogP contribution in [0.2, 0.25) is 5.15 Å². The third kappa shape index (κ3) is 2.78. The number of fused-ring (bicyclic) bond motifs is 1. The van der Waals surface area contributed by atoms with E-state index in [9.17, 15) is 0 Å². The molecule has 3 aromatic rings. The fourth-order valence-corrected chi connectivity index (χ4v) is 2.42. The van der Waals surface area contributed by atoms with E-state index in [1.807, 2.05) is 18.2 Å². The van der Waals surface area contributed by atoms with Gasteiger partial charge >= 0.3 is 0 Å². The number of anilines is 1. The minimum Gasteiger partial charge on any atom is -0.497 e. The fraction of sp³-hybridized carbons (Fsp3) is 0.200. The van der Waals surface area contributed by atoms with Crippen LogP contribution < -0.4 is 14.8 Å². The van der Waals surface area contributed by atoms with Gasteiger partial charge in [-0.1, -0.05) is 11.6 Å². The van der Waals surface area contributed by atoms with Crippen LogP contribution >= 0.6 is 11.6 Å². The maximum Gasteiger partial charge on any atom is 0.154 e. The van der Waals surface area contributed by atoms with Gasteiger partial charge in [0, 0.05) is 23.6 Å². The molecule has 0 saturated heterocycles. The van der Waals surface area contributed by atoms with Crippen molar-refractivity contribution in [3.8, 4) is 11.5 Å². The average Bonchev–Trinajstić information content (AvgIpc) is 3.00. The van der Waals surface area contributed by atoms with Crippen LogP contribution in [-0.4, -0.2) is 29.4 Å². The number of hydrogen-bond acceptors (Lipinski definition) is 5. The van der Waals surface area contributed by atoms with Crippen molar-refractivity contribution in [2.75, 3.05) is 19.5 Å². The van der Waals surface area contributed by atoms with Crippen molar-refractivity contribution in [2.45, 2.75) is 6.54 Å². The Morgan fingerprint density at radius 3 is 2.86 bits per heavy atom. The van der Waals surface area contributed by atoms with Crippen molar-refractivity contribution in [2.24, 2.45) is 0 Å². The molecule has 2 N–H and O–H groups in total. The zero-order chi connectivity index (χ0) is 15.5. The van der Waals surface area contributed by atoms with Gasteiger partial charge < -0.3 is 14.8 Å². The second-order valence-electron chi connectivity index (χ2n) is 4.66. The summed E-state index contributed by atoms with van der Waals surface area (Å²) in [7, 11) is 3.25. The first kappa shape index (κ1) is 14.5. The molecule has 0 aliphatic heterocycles. The SMILES string of the molecule is COc1ccc(CNc2nc(Cl)cc3cn[nH]c23)c(OC)c1. The molecule has 0 aliphatic carbocycles. The quantitative estimate of drug-likeness (QED) is 0.707. The Hall–Kier alpha value is -2.47. The topological polar surface area (TPSA) is 72.1 Å². The number of aromatic amines is 1. The highest BCUT2D eigenvalue weighted by molar-refractivity contribution is 6.30. The van der Waals surface area contributed by atoms with E-state index in [1.54, 1.807) is 26.5 Å². The summed E-state index contributed by atoms with van der Waals surface area (Å²) in [6.45, 7) is 0.536. The average molecular weight is 319 g/mol. The number of pyridine rings is 1. The third-order valence-corrected chi connectivity index (χ3v) is 3.53. The highest BCUT2D eigenvalue weighted by atomic mass is 35.5. The summed E-state index contributed by atoms with van der Waals surface area (Å²) >= 11 is 6.03. The Bertz CT molecular complexity index is 803. The van der Waals surface area contributed by atoms with Crippen molar-refractivity contribution in [1.29, 1.82) is 0 Å². The second-order valence-corrected chi connectivity index (χ2v) is 5.05. The molecule has 0 fully saturated rings. The van der Waals surface area contributed by atoms with E-state index < -0.39 is 0 Å². The van der Waals surface area contributed by atoms with Crippen LogP contribution in [0.1, 0.15) is 5.56 Å². The van der Waals surface area contributed by atoms with Gasteiger partial charge in [-0.25, -0.2) is 4.98 Å². The van der Waals surface area contributed by atoms with Gasteiger partial charge in [0.2, 0.25) is 0 Å². The summed E-state index contributed by atoms with van der Waals surface area (Å²) in [5, 5.41) is 11.5. The highest BCUT2D eigenvalue weighted by Gasteiger charge is 2.09. The molecule has 3 rings (SSSR count). The molecule has 0 amide bonds. The van der Waals surface area contributed by atoms with Crippen LogP contribution in [-0.2, 0) is 6.54 Å². The molecular formula is C15H15ClN4O2.